The average molecular weight is 296 g/mol. The molecule has 2 N–H and O–H groups in total. The predicted octanol–water partition coefficient (Wildman–Crippen LogP) is 2.78. The Morgan fingerprint density at radius 2 is 1.95 bits per heavy atom. The second-order valence-corrected chi connectivity index (χ2v) is 8.54. The van der Waals surface area contributed by atoms with Crippen LogP contribution in [0.15, 0.2) is 0 Å². The van der Waals surface area contributed by atoms with Crippen LogP contribution >= 0.6 is 11.8 Å². The second-order valence-electron chi connectivity index (χ2n) is 6.98. The van der Waals surface area contributed by atoms with E-state index in [0.717, 1.165) is 44.5 Å². The van der Waals surface area contributed by atoms with Crippen molar-refractivity contribution in [2.24, 2.45) is 11.7 Å². The van der Waals surface area contributed by atoms with Gasteiger partial charge in [-0.3, -0.25) is 4.79 Å². The van der Waals surface area contributed by atoms with Gasteiger partial charge in [-0.25, -0.2) is 0 Å². The Balaban J connectivity index is 1.62. The van der Waals surface area contributed by atoms with Gasteiger partial charge >= 0.3 is 0 Å². The van der Waals surface area contributed by atoms with Crippen LogP contribution in [0.5, 0.6) is 0 Å². The van der Waals surface area contributed by atoms with Gasteiger partial charge in [0, 0.05) is 35.5 Å². The summed E-state index contributed by atoms with van der Waals surface area (Å²) in [5.41, 5.74) is 6.05. The molecule has 3 rings (SSSR count). The Bertz CT molecular complexity index is 349. The van der Waals surface area contributed by atoms with E-state index in [-0.39, 0.29) is 12.0 Å². The number of hydrogen-bond acceptors (Lipinski definition) is 3. The summed E-state index contributed by atoms with van der Waals surface area (Å²) in [6.07, 6.45) is 10.9. The van der Waals surface area contributed by atoms with E-state index in [1.165, 1.54) is 32.1 Å². The largest absolute Gasteiger partial charge is 0.340 e. The zero-order valence-electron chi connectivity index (χ0n) is 12.5. The van der Waals surface area contributed by atoms with Gasteiger partial charge in [-0.15, -0.1) is 0 Å². The van der Waals surface area contributed by atoms with Crippen molar-refractivity contribution < 1.29 is 4.79 Å². The topological polar surface area (TPSA) is 46.3 Å². The maximum atomic E-state index is 12.8. The summed E-state index contributed by atoms with van der Waals surface area (Å²) in [6, 6.07) is 0.250. The number of thioether (sulfide) groups is 1. The summed E-state index contributed by atoms with van der Waals surface area (Å²) < 4.78 is 0.392. The number of nitrogens with zero attached hydrogens (tertiary/aromatic N) is 1. The number of amides is 1. The third kappa shape index (κ3) is 3.16. The minimum absolute atomic E-state index is 0.211. The van der Waals surface area contributed by atoms with Gasteiger partial charge in [0.2, 0.25) is 5.91 Å². The van der Waals surface area contributed by atoms with Gasteiger partial charge in [0.1, 0.15) is 0 Å². The van der Waals surface area contributed by atoms with Crippen LogP contribution in [-0.2, 0) is 4.79 Å². The first-order chi connectivity index (χ1) is 9.69. The molecule has 1 spiro atoms. The van der Waals surface area contributed by atoms with Gasteiger partial charge in [-0.1, -0.05) is 25.7 Å². The number of carbonyl (C=O) groups is 1. The quantitative estimate of drug-likeness (QED) is 0.809. The Kier molecular flexibility index (Phi) is 4.61. The Morgan fingerprint density at radius 3 is 2.70 bits per heavy atom. The lowest BCUT2D eigenvalue weighted by Crippen LogP contribution is -2.52. The fourth-order valence-electron chi connectivity index (χ4n) is 4.24. The van der Waals surface area contributed by atoms with Crippen molar-refractivity contribution >= 4 is 17.7 Å². The van der Waals surface area contributed by atoms with Crippen LogP contribution in [0.3, 0.4) is 0 Å². The molecule has 0 aromatic heterocycles. The molecular weight excluding hydrogens is 268 g/mol. The van der Waals surface area contributed by atoms with E-state index < -0.39 is 0 Å². The molecule has 3 aliphatic rings. The number of carbonyl (C=O) groups excluding carboxylic acids is 1. The molecule has 2 unspecified atom stereocenters. The van der Waals surface area contributed by atoms with Gasteiger partial charge in [0.05, 0.1) is 0 Å². The molecule has 3 fully saturated rings. The van der Waals surface area contributed by atoms with Crippen molar-refractivity contribution in [1.29, 1.82) is 0 Å². The number of rotatable bonds is 1. The molecule has 2 saturated carbocycles. The van der Waals surface area contributed by atoms with Gasteiger partial charge in [-0.05, 0) is 32.1 Å². The highest BCUT2D eigenvalue weighted by Gasteiger charge is 2.40. The molecule has 0 aromatic rings. The van der Waals surface area contributed by atoms with Crippen molar-refractivity contribution in [3.63, 3.8) is 0 Å². The molecule has 0 radical (unpaired) electrons. The van der Waals surface area contributed by atoms with Crippen molar-refractivity contribution in [3.8, 4) is 0 Å². The third-order valence-electron chi connectivity index (χ3n) is 5.39. The summed E-state index contributed by atoms with van der Waals surface area (Å²) in [7, 11) is 0. The second kappa shape index (κ2) is 6.27. The smallest absolute Gasteiger partial charge is 0.225 e. The van der Waals surface area contributed by atoms with Crippen molar-refractivity contribution in [1.82, 2.24) is 4.90 Å². The van der Waals surface area contributed by atoms with Gasteiger partial charge in [0.25, 0.3) is 0 Å². The molecule has 2 aliphatic carbocycles. The lowest BCUT2D eigenvalue weighted by molar-refractivity contribution is -0.137. The summed E-state index contributed by atoms with van der Waals surface area (Å²) in [5, 5.41) is 0. The molecule has 0 aromatic carbocycles. The van der Waals surface area contributed by atoms with E-state index in [0.29, 0.717) is 10.7 Å². The molecule has 114 valence electrons. The van der Waals surface area contributed by atoms with E-state index in [9.17, 15) is 4.79 Å². The summed E-state index contributed by atoms with van der Waals surface area (Å²) in [4.78, 5) is 15.0. The first kappa shape index (κ1) is 14.7. The van der Waals surface area contributed by atoms with Crippen LogP contribution in [0, 0.1) is 5.92 Å². The Morgan fingerprint density at radius 1 is 1.15 bits per heavy atom. The molecular formula is C16H28N2OS. The molecule has 1 saturated heterocycles. The molecule has 1 aliphatic heterocycles. The zero-order valence-corrected chi connectivity index (χ0v) is 13.3. The van der Waals surface area contributed by atoms with E-state index in [1.54, 1.807) is 0 Å². The third-order valence-corrected chi connectivity index (χ3v) is 6.93. The Labute approximate surface area is 127 Å². The Hall–Kier alpha value is -0.220. The standard InChI is InChI=1S/C16H28N2OS/c17-14-6-4-5-13(11-14)15(19)18-9-10-20-16(12-18)7-2-1-3-8-16/h13-14H,1-12,17H2. The highest BCUT2D eigenvalue weighted by Crippen LogP contribution is 2.43. The summed E-state index contributed by atoms with van der Waals surface area (Å²) in [5.74, 6) is 1.75. The van der Waals surface area contributed by atoms with Gasteiger partial charge in [-0.2, -0.15) is 11.8 Å². The van der Waals surface area contributed by atoms with Gasteiger partial charge < -0.3 is 10.6 Å². The van der Waals surface area contributed by atoms with Crippen molar-refractivity contribution in [2.75, 3.05) is 18.8 Å². The van der Waals surface area contributed by atoms with Crippen LogP contribution in [0.2, 0.25) is 0 Å². The highest BCUT2D eigenvalue weighted by molar-refractivity contribution is 8.00. The number of nitrogens with two attached hydrogens (primary N) is 1. The molecule has 1 amide bonds. The lowest BCUT2D eigenvalue weighted by atomic mass is 9.84. The van der Waals surface area contributed by atoms with Crippen molar-refractivity contribution in [3.05, 3.63) is 0 Å². The summed E-state index contributed by atoms with van der Waals surface area (Å²) >= 11 is 2.14. The lowest BCUT2D eigenvalue weighted by Gasteiger charge is -2.45. The SMILES string of the molecule is NC1CCCC(C(=O)N2CCSC3(CCCCC3)C2)C1. The highest BCUT2D eigenvalue weighted by atomic mass is 32.2. The van der Waals surface area contributed by atoms with E-state index in [1.807, 2.05) is 0 Å². The first-order valence-corrected chi connectivity index (χ1v) is 9.35. The molecule has 4 heteroatoms. The van der Waals surface area contributed by atoms with Gasteiger partial charge in [0.15, 0.2) is 0 Å². The maximum absolute atomic E-state index is 12.8. The monoisotopic (exact) mass is 296 g/mol. The van der Waals surface area contributed by atoms with Crippen molar-refractivity contribution in [2.45, 2.75) is 68.6 Å². The van der Waals surface area contributed by atoms with Crippen LogP contribution in [0.1, 0.15) is 57.8 Å². The zero-order chi connectivity index (χ0) is 14.0. The molecule has 0 bridgehead atoms. The minimum atomic E-state index is 0.211. The molecule has 20 heavy (non-hydrogen) atoms. The first-order valence-electron chi connectivity index (χ1n) is 8.37. The molecule has 3 nitrogen and oxygen atoms in total. The maximum Gasteiger partial charge on any atom is 0.225 e. The fraction of sp³-hybridized carbons (Fsp3) is 0.938. The molecule has 1 heterocycles. The summed E-state index contributed by atoms with van der Waals surface area (Å²) in [6.45, 7) is 1.96. The molecule has 2 atom stereocenters. The van der Waals surface area contributed by atoms with Crippen LogP contribution in [0.25, 0.3) is 0 Å². The minimum Gasteiger partial charge on any atom is -0.340 e. The fourth-order valence-corrected chi connectivity index (χ4v) is 5.81. The number of hydrogen-bond donors (Lipinski definition) is 1. The van der Waals surface area contributed by atoms with Crippen LogP contribution < -0.4 is 5.73 Å². The van der Waals surface area contributed by atoms with Crippen LogP contribution in [0.4, 0.5) is 0 Å². The van der Waals surface area contributed by atoms with E-state index in [2.05, 4.69) is 16.7 Å². The van der Waals surface area contributed by atoms with Crippen LogP contribution in [-0.4, -0.2) is 40.4 Å². The van der Waals surface area contributed by atoms with E-state index >= 15 is 0 Å². The average Bonchev–Trinajstić information content (AvgIpc) is 2.47. The normalized spacial score (nSPS) is 34.1. The predicted molar refractivity (Wildman–Crippen MR) is 84.8 cm³/mol. The van der Waals surface area contributed by atoms with E-state index in [4.69, 9.17) is 5.73 Å².